The number of benzene rings is 1. The van der Waals surface area contributed by atoms with Gasteiger partial charge in [-0.05, 0) is 37.6 Å². The van der Waals surface area contributed by atoms with Crippen LogP contribution in [0.25, 0.3) is 6.08 Å². The molecule has 6 nitrogen and oxygen atoms in total. The summed E-state index contributed by atoms with van der Waals surface area (Å²) in [5.74, 6) is -0.781. The lowest BCUT2D eigenvalue weighted by Gasteiger charge is -2.27. The zero-order chi connectivity index (χ0) is 18.1. The molecule has 0 aliphatic heterocycles. The summed E-state index contributed by atoms with van der Waals surface area (Å²) in [6.07, 6.45) is 4.36. The summed E-state index contributed by atoms with van der Waals surface area (Å²) in [4.78, 5) is 12.3. The van der Waals surface area contributed by atoms with Crippen molar-refractivity contribution in [3.8, 4) is 0 Å². The van der Waals surface area contributed by atoms with E-state index in [1.807, 2.05) is 6.07 Å². The molecule has 1 N–H and O–H groups in total. The Kier molecular flexibility index (Phi) is 7.19. The number of nitrogens with one attached hydrogen (secondary N) is 1. The van der Waals surface area contributed by atoms with Crippen LogP contribution >= 0.6 is 7.60 Å². The predicted molar refractivity (Wildman–Crippen MR) is 95.9 cm³/mol. The third kappa shape index (κ3) is 5.43. The van der Waals surface area contributed by atoms with Gasteiger partial charge >= 0.3 is 7.60 Å². The van der Waals surface area contributed by atoms with Gasteiger partial charge in [0.2, 0.25) is 5.91 Å². The molecule has 0 radical (unpaired) electrons. The molecule has 0 saturated carbocycles. The molecule has 0 spiro atoms. The highest BCUT2D eigenvalue weighted by molar-refractivity contribution is 7.54. The van der Waals surface area contributed by atoms with Gasteiger partial charge in [-0.3, -0.25) is 9.36 Å². The van der Waals surface area contributed by atoms with Gasteiger partial charge in [0, 0.05) is 6.08 Å². The van der Waals surface area contributed by atoms with Gasteiger partial charge in [0.05, 0.1) is 19.5 Å². The smallest absolute Gasteiger partial charge is 0.357 e. The van der Waals surface area contributed by atoms with Crippen LogP contribution in [0.2, 0.25) is 0 Å². The van der Waals surface area contributed by atoms with Gasteiger partial charge < -0.3 is 18.8 Å². The molecule has 1 aromatic heterocycles. The van der Waals surface area contributed by atoms with Crippen LogP contribution in [-0.4, -0.2) is 19.1 Å². The van der Waals surface area contributed by atoms with E-state index in [-0.39, 0.29) is 13.2 Å². The molecule has 0 aliphatic rings. The summed E-state index contributed by atoms with van der Waals surface area (Å²) in [6, 6.07) is 12.4. The van der Waals surface area contributed by atoms with Gasteiger partial charge in [0.1, 0.15) is 5.76 Å². The number of amides is 1. The summed E-state index contributed by atoms with van der Waals surface area (Å²) in [5, 5.41) is 2.73. The monoisotopic (exact) mass is 363 g/mol. The summed E-state index contributed by atoms with van der Waals surface area (Å²) >= 11 is 0. The lowest BCUT2D eigenvalue weighted by Crippen LogP contribution is -2.28. The van der Waals surface area contributed by atoms with Crippen molar-refractivity contribution in [2.24, 2.45) is 0 Å². The normalized spacial score (nSPS) is 13.0. The van der Waals surface area contributed by atoms with E-state index in [4.69, 9.17) is 13.5 Å². The van der Waals surface area contributed by atoms with Gasteiger partial charge in [-0.2, -0.15) is 0 Å². The Morgan fingerprint density at radius 1 is 1.16 bits per heavy atom. The maximum atomic E-state index is 13.2. The van der Waals surface area contributed by atoms with Crippen molar-refractivity contribution >= 4 is 19.6 Å². The van der Waals surface area contributed by atoms with Crippen LogP contribution in [0.3, 0.4) is 0 Å². The second-order valence-corrected chi connectivity index (χ2v) is 7.16. The molecule has 25 heavy (non-hydrogen) atoms. The van der Waals surface area contributed by atoms with E-state index < -0.39 is 19.3 Å². The van der Waals surface area contributed by atoms with Crippen LogP contribution in [0.15, 0.2) is 59.2 Å². The fourth-order valence-corrected chi connectivity index (χ4v) is 4.17. The SMILES string of the molecule is CCOP(=O)(OCC)C(NC(=O)C=Cc1ccco1)c1ccccc1. The minimum Gasteiger partial charge on any atom is -0.465 e. The van der Waals surface area contributed by atoms with E-state index in [9.17, 15) is 9.36 Å². The van der Waals surface area contributed by atoms with Gasteiger partial charge in [0.15, 0.2) is 5.78 Å². The largest absolute Gasteiger partial charge is 0.465 e. The van der Waals surface area contributed by atoms with E-state index in [2.05, 4.69) is 5.32 Å². The fraction of sp³-hybridized carbons (Fsp3) is 0.278. The minimum absolute atomic E-state index is 0.207. The Morgan fingerprint density at radius 2 is 1.84 bits per heavy atom. The van der Waals surface area contributed by atoms with Crippen LogP contribution < -0.4 is 5.32 Å². The summed E-state index contributed by atoms with van der Waals surface area (Å²) in [7, 11) is -3.58. The van der Waals surface area contributed by atoms with Crippen LogP contribution in [-0.2, 0) is 18.4 Å². The standard InChI is InChI=1S/C18H22NO5P/c1-3-23-25(21,24-4-2)18(15-9-6-5-7-10-15)19-17(20)13-12-16-11-8-14-22-16/h5-14,18H,3-4H2,1-2H3,(H,19,20). The van der Waals surface area contributed by atoms with Crippen molar-refractivity contribution in [3.63, 3.8) is 0 Å². The summed E-state index contributed by atoms with van der Waals surface area (Å²) < 4.78 is 29.2. The van der Waals surface area contributed by atoms with Crippen LogP contribution in [0.4, 0.5) is 0 Å². The average Bonchev–Trinajstić information content (AvgIpc) is 3.12. The molecule has 1 amide bonds. The summed E-state index contributed by atoms with van der Waals surface area (Å²) in [6.45, 7) is 3.87. The zero-order valence-corrected chi connectivity index (χ0v) is 15.1. The zero-order valence-electron chi connectivity index (χ0n) is 14.3. The molecule has 0 saturated heterocycles. The van der Waals surface area contributed by atoms with E-state index in [0.717, 1.165) is 0 Å². The first-order valence-corrected chi connectivity index (χ1v) is 9.66. The molecule has 1 atom stereocenters. The lowest BCUT2D eigenvalue weighted by atomic mass is 10.2. The number of furan rings is 1. The third-order valence-corrected chi connectivity index (χ3v) is 5.57. The van der Waals surface area contributed by atoms with E-state index in [1.54, 1.807) is 50.2 Å². The molecule has 2 rings (SSSR count). The maximum absolute atomic E-state index is 13.2. The Labute approximate surface area is 147 Å². The topological polar surface area (TPSA) is 77.8 Å². The van der Waals surface area contributed by atoms with Crippen molar-refractivity contribution in [2.75, 3.05) is 13.2 Å². The summed E-state index contributed by atoms with van der Waals surface area (Å²) in [5.41, 5.74) is 0.646. The maximum Gasteiger partial charge on any atom is 0.357 e. The van der Waals surface area contributed by atoms with E-state index >= 15 is 0 Å². The molecule has 0 aliphatic carbocycles. The number of carbonyl (C=O) groups is 1. The highest BCUT2D eigenvalue weighted by Gasteiger charge is 2.37. The molecule has 0 bridgehead atoms. The molecule has 7 heteroatoms. The van der Waals surface area contributed by atoms with Crippen LogP contribution in [0.5, 0.6) is 0 Å². The van der Waals surface area contributed by atoms with Gasteiger partial charge in [-0.15, -0.1) is 0 Å². The first kappa shape index (κ1) is 19.2. The molecule has 1 unspecified atom stereocenters. The van der Waals surface area contributed by atoms with Crippen LogP contribution in [0.1, 0.15) is 31.0 Å². The van der Waals surface area contributed by atoms with Gasteiger partial charge in [-0.25, -0.2) is 0 Å². The highest BCUT2D eigenvalue weighted by atomic mass is 31.2. The lowest BCUT2D eigenvalue weighted by molar-refractivity contribution is -0.116. The second-order valence-electron chi connectivity index (χ2n) is 5.05. The van der Waals surface area contributed by atoms with Crippen LogP contribution in [0, 0.1) is 0 Å². The van der Waals surface area contributed by atoms with Crippen molar-refractivity contribution in [1.82, 2.24) is 5.32 Å². The van der Waals surface area contributed by atoms with Crippen molar-refractivity contribution in [1.29, 1.82) is 0 Å². The first-order chi connectivity index (χ1) is 12.1. The fourth-order valence-electron chi connectivity index (χ4n) is 2.25. The quantitative estimate of drug-likeness (QED) is 0.529. The Balaban J connectivity index is 2.25. The molecule has 2 aromatic rings. The molecule has 134 valence electrons. The first-order valence-electron chi connectivity index (χ1n) is 8.05. The minimum atomic E-state index is -3.58. The molecule has 0 fully saturated rings. The van der Waals surface area contributed by atoms with E-state index in [0.29, 0.717) is 11.3 Å². The Bertz CT molecular complexity index is 717. The van der Waals surface area contributed by atoms with Crippen molar-refractivity contribution < 1.29 is 22.8 Å². The Hall–Kier alpha value is -2.14. The molecule has 1 heterocycles. The third-order valence-electron chi connectivity index (χ3n) is 3.27. The predicted octanol–water partition coefficient (Wildman–Crippen LogP) is 4.37. The number of carbonyl (C=O) groups excluding carboxylic acids is 1. The molecule has 1 aromatic carbocycles. The Morgan fingerprint density at radius 3 is 2.40 bits per heavy atom. The van der Waals surface area contributed by atoms with Gasteiger partial charge in [-0.1, -0.05) is 30.3 Å². The average molecular weight is 363 g/mol. The number of hydrogen-bond donors (Lipinski definition) is 1. The molecular weight excluding hydrogens is 341 g/mol. The molecular formula is C18H22NO5P. The van der Waals surface area contributed by atoms with Gasteiger partial charge in [0.25, 0.3) is 0 Å². The van der Waals surface area contributed by atoms with Crippen molar-refractivity contribution in [2.45, 2.75) is 19.6 Å². The second kappa shape index (κ2) is 9.37. The van der Waals surface area contributed by atoms with Crippen molar-refractivity contribution in [3.05, 3.63) is 66.1 Å². The highest BCUT2D eigenvalue weighted by Crippen LogP contribution is 2.59. The van der Waals surface area contributed by atoms with E-state index in [1.165, 1.54) is 18.4 Å². The number of hydrogen-bond acceptors (Lipinski definition) is 5. The number of rotatable bonds is 9.